The van der Waals surface area contributed by atoms with Gasteiger partial charge in [-0.05, 0) is 37.6 Å². The zero-order valence-corrected chi connectivity index (χ0v) is 12.5. The first-order chi connectivity index (χ1) is 10.1. The van der Waals surface area contributed by atoms with Crippen molar-refractivity contribution in [3.63, 3.8) is 0 Å². The average Bonchev–Trinajstić information content (AvgIpc) is 2.50. The Morgan fingerprint density at radius 2 is 1.90 bits per heavy atom. The lowest BCUT2D eigenvalue weighted by molar-refractivity contribution is 0.0985. The molecule has 0 aliphatic heterocycles. The van der Waals surface area contributed by atoms with Gasteiger partial charge in [-0.15, -0.1) is 0 Å². The number of methoxy groups -OCH3 is 1. The van der Waals surface area contributed by atoms with Crippen LogP contribution in [0.2, 0.25) is 0 Å². The molecule has 0 aliphatic carbocycles. The van der Waals surface area contributed by atoms with Crippen LogP contribution in [0.4, 0.5) is 5.69 Å². The van der Waals surface area contributed by atoms with Gasteiger partial charge in [-0.2, -0.15) is 0 Å². The minimum Gasteiger partial charge on any atom is -0.504 e. The maximum absolute atomic E-state index is 12.7. The molecule has 2 rings (SSSR count). The zero-order chi connectivity index (χ0) is 15.4. The van der Waals surface area contributed by atoms with Crippen molar-refractivity contribution in [2.45, 2.75) is 13.8 Å². The number of nitrogens with zero attached hydrogens (tertiary/aromatic N) is 1. The van der Waals surface area contributed by atoms with Crippen LogP contribution in [0, 0.1) is 6.92 Å². The summed E-state index contributed by atoms with van der Waals surface area (Å²) in [7, 11) is 1.46. The lowest BCUT2D eigenvalue weighted by Gasteiger charge is -2.23. The van der Waals surface area contributed by atoms with Gasteiger partial charge in [0.25, 0.3) is 5.91 Å². The fourth-order valence-corrected chi connectivity index (χ4v) is 2.29. The summed E-state index contributed by atoms with van der Waals surface area (Å²) in [5.74, 6) is -0.0816. The van der Waals surface area contributed by atoms with Gasteiger partial charge in [0.1, 0.15) is 0 Å². The molecule has 0 bridgehead atoms. The predicted octanol–water partition coefficient (Wildman–Crippen LogP) is 3.38. The van der Waals surface area contributed by atoms with E-state index in [1.165, 1.54) is 7.11 Å². The van der Waals surface area contributed by atoms with Crippen molar-refractivity contribution < 1.29 is 14.6 Å². The second-order valence-electron chi connectivity index (χ2n) is 4.69. The molecule has 110 valence electrons. The molecular weight excluding hydrogens is 266 g/mol. The number of phenols is 1. The Morgan fingerprint density at radius 3 is 2.52 bits per heavy atom. The standard InChI is InChI=1S/C17H19NO3/c1-4-18(14-10-6-5-8-12(14)2)17(20)13-9-7-11-15(21-3)16(13)19/h5-11,19H,4H2,1-3H3. The van der Waals surface area contributed by atoms with E-state index in [2.05, 4.69) is 0 Å². The number of carbonyl (C=O) groups excluding carboxylic acids is 1. The molecule has 0 aromatic heterocycles. The third-order valence-corrected chi connectivity index (χ3v) is 3.42. The molecule has 4 heteroatoms. The maximum atomic E-state index is 12.7. The number of anilines is 1. The first-order valence-electron chi connectivity index (χ1n) is 6.83. The van der Waals surface area contributed by atoms with E-state index in [1.54, 1.807) is 23.1 Å². The van der Waals surface area contributed by atoms with Crippen LogP contribution in [-0.4, -0.2) is 24.7 Å². The molecule has 0 fully saturated rings. The number of benzene rings is 2. The molecule has 0 saturated heterocycles. The summed E-state index contributed by atoms with van der Waals surface area (Å²) in [4.78, 5) is 14.4. The van der Waals surface area contributed by atoms with Crippen LogP contribution in [0.5, 0.6) is 11.5 Å². The molecule has 0 heterocycles. The molecule has 0 saturated carbocycles. The van der Waals surface area contributed by atoms with Gasteiger partial charge in [0.2, 0.25) is 0 Å². The highest BCUT2D eigenvalue weighted by atomic mass is 16.5. The van der Waals surface area contributed by atoms with Crippen LogP contribution < -0.4 is 9.64 Å². The fraction of sp³-hybridized carbons (Fsp3) is 0.235. The van der Waals surface area contributed by atoms with Crippen LogP contribution in [-0.2, 0) is 0 Å². The number of rotatable bonds is 4. The largest absolute Gasteiger partial charge is 0.504 e. The van der Waals surface area contributed by atoms with Gasteiger partial charge >= 0.3 is 0 Å². The Labute approximate surface area is 124 Å². The lowest BCUT2D eigenvalue weighted by atomic mass is 10.1. The lowest BCUT2D eigenvalue weighted by Crippen LogP contribution is -2.31. The third kappa shape index (κ3) is 2.84. The summed E-state index contributed by atoms with van der Waals surface area (Å²) in [6.07, 6.45) is 0. The molecule has 1 N–H and O–H groups in total. The first-order valence-corrected chi connectivity index (χ1v) is 6.83. The van der Waals surface area contributed by atoms with Crippen molar-refractivity contribution in [1.82, 2.24) is 0 Å². The molecule has 2 aromatic rings. The number of phenolic OH excluding ortho intramolecular Hbond substituents is 1. The number of hydrogen-bond donors (Lipinski definition) is 1. The second-order valence-corrected chi connectivity index (χ2v) is 4.69. The van der Waals surface area contributed by atoms with E-state index in [9.17, 15) is 9.90 Å². The fourth-order valence-electron chi connectivity index (χ4n) is 2.29. The Morgan fingerprint density at radius 1 is 1.19 bits per heavy atom. The molecule has 0 radical (unpaired) electrons. The molecule has 4 nitrogen and oxygen atoms in total. The molecule has 0 spiro atoms. The van der Waals surface area contributed by atoms with Gasteiger partial charge in [0.15, 0.2) is 11.5 Å². The third-order valence-electron chi connectivity index (χ3n) is 3.42. The van der Waals surface area contributed by atoms with Crippen molar-refractivity contribution in [1.29, 1.82) is 0 Å². The smallest absolute Gasteiger partial charge is 0.262 e. The summed E-state index contributed by atoms with van der Waals surface area (Å²) in [6, 6.07) is 12.6. The summed E-state index contributed by atoms with van der Waals surface area (Å²) >= 11 is 0. The molecule has 2 aromatic carbocycles. The van der Waals surface area contributed by atoms with Gasteiger partial charge in [-0.1, -0.05) is 24.3 Å². The minimum atomic E-state index is -0.247. The molecular formula is C17H19NO3. The predicted molar refractivity (Wildman–Crippen MR) is 83.2 cm³/mol. The topological polar surface area (TPSA) is 49.8 Å². The number of aromatic hydroxyl groups is 1. The number of amides is 1. The van der Waals surface area contributed by atoms with Crippen molar-refractivity contribution in [3.05, 3.63) is 53.6 Å². The van der Waals surface area contributed by atoms with Crippen molar-refractivity contribution >= 4 is 11.6 Å². The van der Waals surface area contributed by atoms with Gasteiger partial charge in [0, 0.05) is 12.2 Å². The highest BCUT2D eigenvalue weighted by Crippen LogP contribution is 2.31. The first kappa shape index (κ1) is 14.9. The van der Waals surface area contributed by atoms with E-state index in [0.717, 1.165) is 11.3 Å². The summed E-state index contributed by atoms with van der Waals surface area (Å²) in [5, 5.41) is 10.1. The SMILES string of the molecule is CCN(C(=O)c1cccc(OC)c1O)c1ccccc1C. The van der Waals surface area contributed by atoms with Crippen LogP contribution in [0.25, 0.3) is 0 Å². The highest BCUT2D eigenvalue weighted by Gasteiger charge is 2.22. The Bertz CT molecular complexity index is 652. The average molecular weight is 285 g/mol. The van der Waals surface area contributed by atoms with Crippen LogP contribution in [0.3, 0.4) is 0 Å². The van der Waals surface area contributed by atoms with E-state index in [0.29, 0.717) is 12.3 Å². The van der Waals surface area contributed by atoms with Crippen molar-refractivity contribution in [3.8, 4) is 11.5 Å². The normalized spacial score (nSPS) is 10.2. The molecule has 21 heavy (non-hydrogen) atoms. The minimum absolute atomic E-state index is 0.128. The molecule has 1 amide bonds. The maximum Gasteiger partial charge on any atom is 0.262 e. The number of hydrogen-bond acceptors (Lipinski definition) is 3. The van der Waals surface area contributed by atoms with Gasteiger partial charge in [-0.25, -0.2) is 0 Å². The van der Waals surface area contributed by atoms with E-state index < -0.39 is 0 Å². The van der Waals surface area contributed by atoms with E-state index >= 15 is 0 Å². The summed E-state index contributed by atoms with van der Waals surface area (Å²) < 4.78 is 5.06. The van der Waals surface area contributed by atoms with Crippen molar-refractivity contribution in [2.24, 2.45) is 0 Å². The van der Waals surface area contributed by atoms with E-state index in [1.807, 2.05) is 38.1 Å². The van der Waals surface area contributed by atoms with Crippen LogP contribution in [0.1, 0.15) is 22.8 Å². The van der Waals surface area contributed by atoms with E-state index in [-0.39, 0.29) is 17.2 Å². The summed E-state index contributed by atoms with van der Waals surface area (Å²) in [6.45, 7) is 4.37. The van der Waals surface area contributed by atoms with Gasteiger partial charge < -0.3 is 14.7 Å². The van der Waals surface area contributed by atoms with Crippen molar-refractivity contribution in [2.75, 3.05) is 18.6 Å². The van der Waals surface area contributed by atoms with Gasteiger partial charge in [0.05, 0.1) is 12.7 Å². The van der Waals surface area contributed by atoms with Crippen LogP contribution >= 0.6 is 0 Å². The highest BCUT2D eigenvalue weighted by molar-refractivity contribution is 6.08. The van der Waals surface area contributed by atoms with E-state index in [4.69, 9.17) is 4.74 Å². The zero-order valence-electron chi connectivity index (χ0n) is 12.5. The number of aryl methyl sites for hydroxylation is 1. The van der Waals surface area contributed by atoms with Gasteiger partial charge in [-0.3, -0.25) is 4.79 Å². The number of ether oxygens (including phenoxy) is 1. The monoisotopic (exact) mass is 285 g/mol. The number of para-hydroxylation sites is 2. The Kier molecular flexibility index (Phi) is 4.48. The number of carbonyl (C=O) groups is 1. The molecule has 0 unspecified atom stereocenters. The molecule has 0 atom stereocenters. The quantitative estimate of drug-likeness (QED) is 0.937. The Hall–Kier alpha value is -2.49. The molecule has 0 aliphatic rings. The van der Waals surface area contributed by atoms with Crippen LogP contribution in [0.15, 0.2) is 42.5 Å². The second kappa shape index (κ2) is 6.31. The Balaban J connectivity index is 2.45. The summed E-state index contributed by atoms with van der Waals surface area (Å²) in [5.41, 5.74) is 2.08.